The average molecular weight is 250 g/mol. The van der Waals surface area contributed by atoms with E-state index in [0.29, 0.717) is 6.04 Å². The number of benzene rings is 1. The van der Waals surface area contributed by atoms with E-state index < -0.39 is 0 Å². The smallest absolute Gasteiger partial charge is 0.124 e. The van der Waals surface area contributed by atoms with Crippen LogP contribution in [0, 0.1) is 0 Å². The molecule has 18 heavy (non-hydrogen) atoms. The molecule has 1 aliphatic rings. The van der Waals surface area contributed by atoms with Crippen LogP contribution in [0.3, 0.4) is 0 Å². The van der Waals surface area contributed by atoms with Gasteiger partial charge in [-0.1, -0.05) is 6.07 Å². The number of hydrogen-bond donors (Lipinski definition) is 3. The zero-order chi connectivity index (χ0) is 13.1. The lowest BCUT2D eigenvalue weighted by Gasteiger charge is -2.37. The second-order valence-corrected chi connectivity index (χ2v) is 5.04. The van der Waals surface area contributed by atoms with Crippen molar-refractivity contribution in [2.75, 3.05) is 20.1 Å². The Morgan fingerprint density at radius 1 is 1.39 bits per heavy atom. The number of piperidine rings is 1. The summed E-state index contributed by atoms with van der Waals surface area (Å²) in [6, 6.07) is 5.54. The van der Waals surface area contributed by atoms with Crippen LogP contribution in [0.1, 0.15) is 31.4 Å². The number of aromatic hydroxyl groups is 2. The molecule has 4 heteroatoms. The number of likely N-dealkylation sites (tertiary alicyclic amines) is 1. The second kappa shape index (κ2) is 5.59. The molecule has 4 nitrogen and oxygen atoms in total. The predicted octanol–water partition coefficient (Wildman–Crippen LogP) is 1.84. The first-order valence-corrected chi connectivity index (χ1v) is 6.55. The van der Waals surface area contributed by atoms with Crippen molar-refractivity contribution < 1.29 is 10.2 Å². The molecule has 1 saturated heterocycles. The van der Waals surface area contributed by atoms with Gasteiger partial charge in [-0.25, -0.2) is 0 Å². The zero-order valence-electron chi connectivity index (χ0n) is 11.1. The van der Waals surface area contributed by atoms with E-state index in [0.717, 1.165) is 18.7 Å². The van der Waals surface area contributed by atoms with Gasteiger partial charge in [-0.05, 0) is 39.4 Å². The molecule has 0 aromatic heterocycles. The number of phenols is 2. The Morgan fingerprint density at radius 2 is 2.17 bits per heavy atom. The summed E-state index contributed by atoms with van der Waals surface area (Å²) >= 11 is 0. The van der Waals surface area contributed by atoms with Crippen LogP contribution in [0.15, 0.2) is 18.2 Å². The van der Waals surface area contributed by atoms with Crippen molar-refractivity contribution >= 4 is 0 Å². The van der Waals surface area contributed by atoms with Crippen LogP contribution in [0.2, 0.25) is 0 Å². The Balaban J connectivity index is 2.12. The number of nitrogens with one attached hydrogen (secondary N) is 1. The molecule has 1 heterocycles. The molecule has 0 bridgehead atoms. The van der Waals surface area contributed by atoms with Gasteiger partial charge in [0.1, 0.15) is 11.5 Å². The van der Waals surface area contributed by atoms with E-state index in [2.05, 4.69) is 17.1 Å². The molecule has 0 amide bonds. The van der Waals surface area contributed by atoms with Crippen LogP contribution < -0.4 is 5.32 Å². The summed E-state index contributed by atoms with van der Waals surface area (Å²) in [5.74, 6) is 0.282. The molecule has 2 rings (SSSR count). The summed E-state index contributed by atoms with van der Waals surface area (Å²) in [4.78, 5) is 2.37. The summed E-state index contributed by atoms with van der Waals surface area (Å²) in [6.07, 6.45) is 2.38. The molecule has 0 aliphatic carbocycles. The maximum absolute atomic E-state index is 9.91. The third-order valence-corrected chi connectivity index (χ3v) is 3.87. The van der Waals surface area contributed by atoms with Gasteiger partial charge in [-0.2, -0.15) is 0 Å². The molecule has 1 aliphatic heterocycles. The topological polar surface area (TPSA) is 55.7 Å². The van der Waals surface area contributed by atoms with Crippen LogP contribution in [0.25, 0.3) is 0 Å². The maximum Gasteiger partial charge on any atom is 0.124 e. The Kier molecular flexibility index (Phi) is 4.09. The fraction of sp³-hybridized carbons (Fsp3) is 0.571. The maximum atomic E-state index is 9.91. The molecule has 2 atom stereocenters. The fourth-order valence-electron chi connectivity index (χ4n) is 2.68. The van der Waals surface area contributed by atoms with Gasteiger partial charge >= 0.3 is 0 Å². The van der Waals surface area contributed by atoms with Gasteiger partial charge in [0, 0.05) is 30.3 Å². The number of rotatable bonds is 3. The largest absolute Gasteiger partial charge is 0.508 e. The lowest BCUT2D eigenvalue weighted by atomic mass is 10.00. The Bertz CT molecular complexity index is 409. The third-order valence-electron chi connectivity index (χ3n) is 3.87. The molecule has 2 unspecified atom stereocenters. The fourth-order valence-corrected chi connectivity index (χ4v) is 2.68. The van der Waals surface area contributed by atoms with E-state index in [1.165, 1.54) is 18.9 Å². The average Bonchev–Trinajstić information content (AvgIpc) is 2.38. The van der Waals surface area contributed by atoms with E-state index in [9.17, 15) is 10.2 Å². The minimum absolute atomic E-state index is 0.107. The third kappa shape index (κ3) is 2.76. The Hall–Kier alpha value is -1.26. The van der Waals surface area contributed by atoms with Crippen LogP contribution >= 0.6 is 0 Å². The monoisotopic (exact) mass is 250 g/mol. The minimum atomic E-state index is 0.107. The molecule has 0 radical (unpaired) electrons. The van der Waals surface area contributed by atoms with Crippen molar-refractivity contribution in [2.45, 2.75) is 31.8 Å². The zero-order valence-corrected chi connectivity index (χ0v) is 11.1. The molecular weight excluding hydrogens is 228 g/mol. The molecular formula is C14H22N2O2. The van der Waals surface area contributed by atoms with Gasteiger partial charge in [0.15, 0.2) is 0 Å². The quantitative estimate of drug-likeness (QED) is 0.766. The highest BCUT2D eigenvalue weighted by Gasteiger charge is 2.24. The van der Waals surface area contributed by atoms with Crippen molar-refractivity contribution in [3.63, 3.8) is 0 Å². The molecule has 0 saturated carbocycles. The summed E-state index contributed by atoms with van der Waals surface area (Å²) in [5, 5.41) is 22.6. The number of nitrogens with zero attached hydrogens (tertiary/aromatic N) is 1. The molecule has 0 spiro atoms. The number of likely N-dealkylation sites (N-methyl/N-ethyl adjacent to an activating group) is 1. The Labute approximate surface area is 108 Å². The van der Waals surface area contributed by atoms with Gasteiger partial charge in [0.2, 0.25) is 0 Å². The van der Waals surface area contributed by atoms with Crippen molar-refractivity contribution in [2.24, 2.45) is 0 Å². The number of hydrogen-bond acceptors (Lipinski definition) is 4. The van der Waals surface area contributed by atoms with E-state index >= 15 is 0 Å². The summed E-state index contributed by atoms with van der Waals surface area (Å²) in [6.45, 7) is 4.15. The van der Waals surface area contributed by atoms with E-state index in [1.807, 2.05) is 7.05 Å². The molecule has 3 N–H and O–H groups in total. The summed E-state index contributed by atoms with van der Waals surface area (Å²) in [5.41, 5.74) is 0.879. The van der Waals surface area contributed by atoms with E-state index in [4.69, 9.17) is 0 Å². The normalized spacial score (nSPS) is 22.9. The van der Waals surface area contributed by atoms with Gasteiger partial charge in [-0.3, -0.25) is 4.90 Å². The van der Waals surface area contributed by atoms with E-state index in [-0.39, 0.29) is 17.5 Å². The van der Waals surface area contributed by atoms with Crippen LogP contribution in [0.4, 0.5) is 0 Å². The summed E-state index contributed by atoms with van der Waals surface area (Å²) in [7, 11) is 2.00. The first-order chi connectivity index (χ1) is 8.61. The van der Waals surface area contributed by atoms with Gasteiger partial charge in [-0.15, -0.1) is 0 Å². The first kappa shape index (κ1) is 13.2. The highest BCUT2D eigenvalue weighted by atomic mass is 16.3. The molecule has 1 fully saturated rings. The van der Waals surface area contributed by atoms with Crippen LogP contribution in [-0.4, -0.2) is 41.3 Å². The van der Waals surface area contributed by atoms with Crippen LogP contribution in [-0.2, 0) is 0 Å². The van der Waals surface area contributed by atoms with Gasteiger partial charge in [0.05, 0.1) is 0 Å². The minimum Gasteiger partial charge on any atom is -0.508 e. The van der Waals surface area contributed by atoms with Crippen molar-refractivity contribution in [1.29, 1.82) is 0 Å². The lowest BCUT2D eigenvalue weighted by Crippen LogP contribution is -2.45. The SMILES string of the molecule is CNC1CCCN(C(C)c2ccc(O)cc2O)C1. The van der Waals surface area contributed by atoms with Gasteiger partial charge in [0.25, 0.3) is 0 Å². The predicted molar refractivity (Wildman–Crippen MR) is 71.8 cm³/mol. The molecule has 1 aromatic rings. The number of phenolic OH excluding ortho intramolecular Hbond substituents is 2. The Morgan fingerprint density at radius 3 is 2.83 bits per heavy atom. The van der Waals surface area contributed by atoms with Crippen LogP contribution in [0.5, 0.6) is 11.5 Å². The standard InChI is InChI=1S/C14H22N2O2/c1-10(13-6-5-12(17)8-14(13)18)16-7-3-4-11(9-16)15-2/h5-6,8,10-11,15,17-18H,3-4,7,9H2,1-2H3. The highest BCUT2D eigenvalue weighted by molar-refractivity contribution is 5.40. The lowest BCUT2D eigenvalue weighted by molar-refractivity contribution is 0.147. The molecule has 1 aromatic carbocycles. The van der Waals surface area contributed by atoms with Crippen molar-refractivity contribution in [3.05, 3.63) is 23.8 Å². The first-order valence-electron chi connectivity index (χ1n) is 6.55. The van der Waals surface area contributed by atoms with Crippen molar-refractivity contribution in [1.82, 2.24) is 10.2 Å². The second-order valence-electron chi connectivity index (χ2n) is 5.04. The van der Waals surface area contributed by atoms with E-state index in [1.54, 1.807) is 12.1 Å². The van der Waals surface area contributed by atoms with Crippen molar-refractivity contribution in [3.8, 4) is 11.5 Å². The molecule has 100 valence electrons. The highest BCUT2D eigenvalue weighted by Crippen LogP contribution is 2.32. The van der Waals surface area contributed by atoms with Gasteiger partial charge < -0.3 is 15.5 Å². The summed E-state index contributed by atoms with van der Waals surface area (Å²) < 4.78 is 0.